The molecule has 3 N–H and O–H groups in total. The lowest BCUT2D eigenvalue weighted by atomic mass is 9.92. The van der Waals surface area contributed by atoms with Gasteiger partial charge in [-0.3, -0.25) is 4.79 Å². The smallest absolute Gasteiger partial charge is 0.251 e. The summed E-state index contributed by atoms with van der Waals surface area (Å²) in [7, 11) is -4.05. The van der Waals surface area contributed by atoms with Crippen LogP contribution in [0.2, 0.25) is 0 Å². The number of hydrogen-bond acceptors (Lipinski definition) is 3. The van der Waals surface area contributed by atoms with Gasteiger partial charge in [-0.1, -0.05) is 0 Å². The molecule has 1 amide bonds. The Morgan fingerprint density at radius 2 is 2.05 bits per heavy atom. The van der Waals surface area contributed by atoms with Gasteiger partial charge >= 0.3 is 0 Å². The first kappa shape index (κ1) is 14.0. The number of carbonyl (C=O) groups is 1. The average molecular weight is 286 g/mol. The summed E-state index contributed by atoms with van der Waals surface area (Å²) >= 11 is 0. The summed E-state index contributed by atoms with van der Waals surface area (Å²) < 4.78 is 36.1. The normalized spacial score (nSPS) is 15.9. The van der Waals surface area contributed by atoms with Gasteiger partial charge in [0.15, 0.2) is 0 Å². The molecule has 0 unspecified atom stereocenters. The Hall–Kier alpha value is -1.47. The molecule has 0 atom stereocenters. The van der Waals surface area contributed by atoms with E-state index in [0.29, 0.717) is 0 Å². The zero-order valence-electron chi connectivity index (χ0n) is 10.4. The predicted octanol–water partition coefficient (Wildman–Crippen LogP) is 1.06. The SMILES string of the molecule is Cc1c(C(=O)NC2CCC2)cc(F)cc1S(N)(=O)=O. The molecule has 19 heavy (non-hydrogen) atoms. The molecule has 2 rings (SSSR count). The van der Waals surface area contributed by atoms with E-state index < -0.39 is 21.7 Å². The molecule has 0 radical (unpaired) electrons. The molecule has 0 spiro atoms. The lowest BCUT2D eigenvalue weighted by Crippen LogP contribution is -2.39. The summed E-state index contributed by atoms with van der Waals surface area (Å²) in [6, 6.07) is 1.94. The van der Waals surface area contributed by atoms with Crippen LogP contribution in [0.4, 0.5) is 4.39 Å². The zero-order chi connectivity index (χ0) is 14.2. The van der Waals surface area contributed by atoms with Gasteiger partial charge in [-0.15, -0.1) is 0 Å². The first-order chi connectivity index (χ1) is 8.79. The van der Waals surface area contributed by atoms with Gasteiger partial charge in [0.05, 0.1) is 4.90 Å². The molecule has 1 fully saturated rings. The molecule has 7 heteroatoms. The van der Waals surface area contributed by atoms with E-state index in [0.717, 1.165) is 31.4 Å². The number of rotatable bonds is 3. The van der Waals surface area contributed by atoms with Crippen molar-refractivity contribution in [3.63, 3.8) is 0 Å². The van der Waals surface area contributed by atoms with Crippen LogP contribution in [0.15, 0.2) is 17.0 Å². The second-order valence-corrected chi connectivity index (χ2v) is 6.25. The van der Waals surface area contributed by atoms with E-state index in [4.69, 9.17) is 5.14 Å². The molecule has 1 saturated carbocycles. The number of hydrogen-bond donors (Lipinski definition) is 2. The van der Waals surface area contributed by atoms with Crippen molar-refractivity contribution in [2.75, 3.05) is 0 Å². The van der Waals surface area contributed by atoms with Crippen LogP contribution >= 0.6 is 0 Å². The third-order valence-corrected chi connectivity index (χ3v) is 4.35. The van der Waals surface area contributed by atoms with E-state index >= 15 is 0 Å². The Balaban J connectivity index is 2.39. The molecular formula is C12H15FN2O3S. The van der Waals surface area contributed by atoms with Crippen LogP contribution < -0.4 is 10.5 Å². The van der Waals surface area contributed by atoms with E-state index in [9.17, 15) is 17.6 Å². The fraction of sp³-hybridized carbons (Fsp3) is 0.417. The van der Waals surface area contributed by atoms with E-state index in [1.54, 1.807) is 0 Å². The summed E-state index contributed by atoms with van der Waals surface area (Å²) in [6.45, 7) is 1.44. The largest absolute Gasteiger partial charge is 0.349 e. The molecule has 104 valence electrons. The molecule has 0 bridgehead atoms. The standard InChI is InChI=1S/C12H15FN2O3S/c1-7-10(12(16)15-9-3-2-4-9)5-8(13)6-11(7)19(14,17)18/h5-6,9H,2-4H2,1H3,(H,15,16)(H2,14,17,18). The van der Waals surface area contributed by atoms with Crippen molar-refractivity contribution in [1.29, 1.82) is 0 Å². The molecule has 0 aromatic heterocycles. The third kappa shape index (κ3) is 2.93. The number of benzene rings is 1. The minimum Gasteiger partial charge on any atom is -0.349 e. The van der Waals surface area contributed by atoms with E-state index in [-0.39, 0.29) is 22.1 Å². The molecule has 0 saturated heterocycles. The zero-order valence-corrected chi connectivity index (χ0v) is 11.3. The minimum absolute atomic E-state index is 0.0101. The predicted molar refractivity (Wildman–Crippen MR) is 67.6 cm³/mol. The summed E-state index contributed by atoms with van der Waals surface area (Å²) in [5.41, 5.74) is 0.177. The van der Waals surface area contributed by atoms with Gasteiger partial charge in [-0.2, -0.15) is 0 Å². The summed E-state index contributed by atoms with van der Waals surface area (Å²) in [5, 5.41) is 7.75. The number of sulfonamides is 1. The lowest BCUT2D eigenvalue weighted by molar-refractivity contribution is 0.0915. The highest BCUT2D eigenvalue weighted by molar-refractivity contribution is 7.89. The van der Waals surface area contributed by atoms with Crippen LogP contribution in [0.25, 0.3) is 0 Å². The van der Waals surface area contributed by atoms with Gasteiger partial charge in [0, 0.05) is 11.6 Å². The van der Waals surface area contributed by atoms with Crippen LogP contribution in [0, 0.1) is 12.7 Å². The number of carbonyl (C=O) groups excluding carboxylic acids is 1. The van der Waals surface area contributed by atoms with Crippen molar-refractivity contribution in [3.8, 4) is 0 Å². The van der Waals surface area contributed by atoms with Gasteiger partial charge in [-0.05, 0) is 43.9 Å². The van der Waals surface area contributed by atoms with Crippen molar-refractivity contribution in [1.82, 2.24) is 5.32 Å². The first-order valence-corrected chi connectivity index (χ1v) is 7.47. The number of primary sulfonamides is 1. The maximum absolute atomic E-state index is 13.4. The van der Waals surface area contributed by atoms with E-state index in [1.807, 2.05) is 0 Å². The minimum atomic E-state index is -4.05. The summed E-state index contributed by atoms with van der Waals surface area (Å²) in [4.78, 5) is 11.6. The van der Waals surface area contributed by atoms with Gasteiger partial charge in [-0.25, -0.2) is 17.9 Å². The lowest BCUT2D eigenvalue weighted by Gasteiger charge is -2.26. The Morgan fingerprint density at radius 3 is 2.53 bits per heavy atom. The topological polar surface area (TPSA) is 89.3 Å². The molecule has 0 aliphatic heterocycles. The third-order valence-electron chi connectivity index (χ3n) is 3.32. The first-order valence-electron chi connectivity index (χ1n) is 5.93. The van der Waals surface area contributed by atoms with Crippen molar-refractivity contribution in [2.24, 2.45) is 5.14 Å². The van der Waals surface area contributed by atoms with Gasteiger partial charge < -0.3 is 5.32 Å². The van der Waals surface area contributed by atoms with Gasteiger partial charge in [0.25, 0.3) is 5.91 Å². The Labute approximate surface area is 111 Å². The van der Waals surface area contributed by atoms with E-state index in [1.165, 1.54) is 6.92 Å². The molecule has 1 aromatic carbocycles. The van der Waals surface area contributed by atoms with Crippen molar-refractivity contribution in [3.05, 3.63) is 29.1 Å². The molecule has 0 heterocycles. The highest BCUT2D eigenvalue weighted by Gasteiger charge is 2.24. The highest BCUT2D eigenvalue weighted by atomic mass is 32.2. The van der Waals surface area contributed by atoms with Crippen LogP contribution in [0.5, 0.6) is 0 Å². The van der Waals surface area contributed by atoms with Crippen LogP contribution in [0.3, 0.4) is 0 Å². The molecule has 1 aliphatic rings. The maximum atomic E-state index is 13.4. The summed E-state index contributed by atoms with van der Waals surface area (Å²) in [5.74, 6) is -1.26. The Bertz CT molecular complexity index is 624. The molecular weight excluding hydrogens is 271 g/mol. The number of halogens is 1. The Kier molecular flexibility index (Phi) is 3.60. The van der Waals surface area contributed by atoms with Gasteiger partial charge in [0.2, 0.25) is 10.0 Å². The molecule has 1 aromatic rings. The molecule has 1 aliphatic carbocycles. The number of amides is 1. The maximum Gasteiger partial charge on any atom is 0.251 e. The van der Waals surface area contributed by atoms with Gasteiger partial charge in [0.1, 0.15) is 5.82 Å². The van der Waals surface area contributed by atoms with Crippen molar-refractivity contribution in [2.45, 2.75) is 37.1 Å². The molecule has 5 nitrogen and oxygen atoms in total. The number of nitrogens with one attached hydrogen (secondary N) is 1. The van der Waals surface area contributed by atoms with Crippen LogP contribution in [-0.4, -0.2) is 20.4 Å². The quantitative estimate of drug-likeness (QED) is 0.870. The van der Waals surface area contributed by atoms with Crippen LogP contribution in [-0.2, 0) is 10.0 Å². The average Bonchev–Trinajstić information content (AvgIpc) is 2.24. The van der Waals surface area contributed by atoms with Crippen molar-refractivity contribution >= 4 is 15.9 Å². The monoisotopic (exact) mass is 286 g/mol. The van der Waals surface area contributed by atoms with E-state index in [2.05, 4.69) is 5.32 Å². The highest BCUT2D eigenvalue weighted by Crippen LogP contribution is 2.22. The van der Waals surface area contributed by atoms with Crippen molar-refractivity contribution < 1.29 is 17.6 Å². The fourth-order valence-corrected chi connectivity index (χ4v) is 2.81. The fourth-order valence-electron chi connectivity index (χ4n) is 2.00. The van der Waals surface area contributed by atoms with Crippen LogP contribution in [0.1, 0.15) is 35.2 Å². The summed E-state index contributed by atoms with van der Waals surface area (Å²) in [6.07, 6.45) is 2.83. The second kappa shape index (κ2) is 4.90. The Morgan fingerprint density at radius 1 is 1.42 bits per heavy atom. The second-order valence-electron chi connectivity index (χ2n) is 4.72. The number of nitrogens with two attached hydrogens (primary N) is 1.